The second kappa shape index (κ2) is 11.6. The fourth-order valence-electron chi connectivity index (χ4n) is 4.67. The molecule has 1 amide bonds. The zero-order valence-corrected chi connectivity index (χ0v) is 21.9. The fraction of sp³-hybridized carbons (Fsp3) is 0.519. The van der Waals surface area contributed by atoms with E-state index in [0.29, 0.717) is 39.2 Å². The minimum atomic E-state index is -1.60. The van der Waals surface area contributed by atoms with Gasteiger partial charge in [0.1, 0.15) is 24.2 Å². The number of piperidine rings is 1. The number of rotatable bonds is 7. The van der Waals surface area contributed by atoms with Gasteiger partial charge < -0.3 is 19.5 Å². The first kappa shape index (κ1) is 26.4. The first-order chi connectivity index (χ1) is 17.2. The van der Waals surface area contributed by atoms with Crippen molar-refractivity contribution in [1.29, 1.82) is 0 Å². The Balaban J connectivity index is 1.25. The summed E-state index contributed by atoms with van der Waals surface area (Å²) in [6.07, 6.45) is 1.28. The average molecular weight is 518 g/mol. The van der Waals surface area contributed by atoms with Crippen LogP contribution in [0.15, 0.2) is 48.5 Å². The normalized spacial score (nSPS) is 24.8. The molecule has 2 aromatic carbocycles. The molecule has 0 saturated carbocycles. The molecule has 8 nitrogen and oxygen atoms in total. The quantitative estimate of drug-likeness (QED) is 0.553. The molecule has 2 aromatic rings. The van der Waals surface area contributed by atoms with Gasteiger partial charge in [-0.25, -0.2) is 4.79 Å². The summed E-state index contributed by atoms with van der Waals surface area (Å²) in [4.78, 5) is 13.2. The second-order valence-electron chi connectivity index (χ2n) is 10.5. The first-order valence-corrected chi connectivity index (χ1v) is 13.3. The van der Waals surface area contributed by atoms with Crippen LogP contribution in [0.2, 0.25) is 0 Å². The number of benzene rings is 2. The Bertz CT molecular complexity index is 1030. The van der Waals surface area contributed by atoms with Crippen LogP contribution in [0.5, 0.6) is 11.5 Å². The number of likely N-dealkylation sites (tertiary alicyclic amines) is 1. The smallest absolute Gasteiger partial charge is 0.407 e. The number of nitrogens with zero attached hydrogens (tertiary/aromatic N) is 1. The number of hydrogen-bond donors (Lipinski definition) is 1. The monoisotopic (exact) mass is 517 g/mol. The van der Waals surface area contributed by atoms with Crippen molar-refractivity contribution in [2.75, 3.05) is 19.8 Å². The predicted octanol–water partition coefficient (Wildman–Crippen LogP) is 4.99. The van der Waals surface area contributed by atoms with Crippen molar-refractivity contribution >= 4 is 17.5 Å². The van der Waals surface area contributed by atoms with Crippen molar-refractivity contribution in [3.8, 4) is 11.5 Å². The van der Waals surface area contributed by atoms with Crippen LogP contribution in [0.25, 0.3) is 0 Å². The van der Waals surface area contributed by atoms with Crippen LogP contribution >= 0.6 is 0 Å². The molecule has 9 heteroatoms. The summed E-state index contributed by atoms with van der Waals surface area (Å²) in [6, 6.07) is 15.7. The van der Waals surface area contributed by atoms with Crippen LogP contribution in [0.1, 0.15) is 44.7 Å². The Morgan fingerprint density at radius 3 is 2.25 bits per heavy atom. The fourth-order valence-corrected chi connectivity index (χ4v) is 5.35. The third-order valence-corrected chi connectivity index (χ3v) is 7.34. The molecular weight excluding hydrogens is 482 g/mol. The van der Waals surface area contributed by atoms with Gasteiger partial charge in [0.05, 0.1) is 13.2 Å². The van der Waals surface area contributed by atoms with Gasteiger partial charge in [0.2, 0.25) is 0 Å². The number of carboxylic acid groups (broad SMARTS) is 1. The van der Waals surface area contributed by atoms with Crippen molar-refractivity contribution in [1.82, 2.24) is 4.90 Å². The van der Waals surface area contributed by atoms with Crippen molar-refractivity contribution in [3.05, 3.63) is 59.7 Å². The molecule has 196 valence electrons. The first-order valence-electron chi connectivity index (χ1n) is 12.3. The second-order valence-corrected chi connectivity index (χ2v) is 11.4. The number of amides is 1. The van der Waals surface area contributed by atoms with Crippen LogP contribution in [-0.2, 0) is 32.8 Å². The molecule has 0 aromatic heterocycles. The van der Waals surface area contributed by atoms with E-state index < -0.39 is 17.5 Å². The lowest BCUT2D eigenvalue weighted by molar-refractivity contribution is 0.0130. The molecule has 1 N–H and O–H groups in total. The Kier molecular flexibility index (Phi) is 8.54. The summed E-state index contributed by atoms with van der Waals surface area (Å²) in [7, 11) is 0. The van der Waals surface area contributed by atoms with E-state index in [0.717, 1.165) is 29.0 Å². The zero-order valence-electron chi connectivity index (χ0n) is 21.1. The molecule has 2 heterocycles. The van der Waals surface area contributed by atoms with Gasteiger partial charge in [-0.3, -0.25) is 8.37 Å². The van der Waals surface area contributed by atoms with Gasteiger partial charge in [-0.1, -0.05) is 45.0 Å². The molecule has 0 bridgehead atoms. The molecular formula is C27H35NO7S. The third kappa shape index (κ3) is 7.21. The maximum absolute atomic E-state index is 11.6. The summed E-state index contributed by atoms with van der Waals surface area (Å²) >= 11 is -1.60. The highest BCUT2D eigenvalue weighted by Gasteiger charge is 2.39. The van der Waals surface area contributed by atoms with Crippen molar-refractivity contribution in [3.63, 3.8) is 0 Å². The van der Waals surface area contributed by atoms with Gasteiger partial charge >= 0.3 is 17.5 Å². The lowest BCUT2D eigenvalue weighted by Gasteiger charge is -2.44. The molecule has 2 atom stereocenters. The van der Waals surface area contributed by atoms with Crippen LogP contribution in [-0.4, -0.2) is 52.2 Å². The SMILES string of the molecule is CC(C)(C)[C@H]1C[C@@H](Oc2ccc(COc3ccc(CC4COS(=O)OC4)cc3)cc2)CCN1C(=O)O. The number of ether oxygens (including phenoxy) is 2. The third-order valence-electron chi connectivity index (χ3n) is 6.68. The molecule has 2 fully saturated rings. The minimum Gasteiger partial charge on any atom is -0.490 e. The molecule has 4 rings (SSSR count). The maximum atomic E-state index is 11.6. The van der Waals surface area contributed by atoms with E-state index in [1.807, 2.05) is 48.5 Å². The van der Waals surface area contributed by atoms with Gasteiger partial charge in [-0.15, -0.1) is 0 Å². The highest BCUT2D eigenvalue weighted by molar-refractivity contribution is 7.75. The number of carbonyl (C=O) groups is 1. The van der Waals surface area contributed by atoms with E-state index in [1.165, 1.54) is 0 Å². The Hall–Kier alpha value is -2.62. The zero-order chi connectivity index (χ0) is 25.7. The summed E-state index contributed by atoms with van der Waals surface area (Å²) in [5.41, 5.74) is 2.03. The van der Waals surface area contributed by atoms with E-state index in [9.17, 15) is 14.1 Å². The highest BCUT2D eigenvalue weighted by atomic mass is 32.2. The van der Waals surface area contributed by atoms with Gasteiger partial charge in [0, 0.05) is 31.3 Å². The topological polar surface area (TPSA) is 94.5 Å². The minimum absolute atomic E-state index is 0.0145. The van der Waals surface area contributed by atoms with Crippen molar-refractivity contribution < 1.29 is 31.9 Å². The van der Waals surface area contributed by atoms with Gasteiger partial charge in [-0.05, 0) is 47.2 Å². The highest BCUT2D eigenvalue weighted by Crippen LogP contribution is 2.33. The summed E-state index contributed by atoms with van der Waals surface area (Å²) in [6.45, 7) is 8.01. The molecule has 0 spiro atoms. The summed E-state index contributed by atoms with van der Waals surface area (Å²) in [5.74, 6) is 1.76. The summed E-state index contributed by atoms with van der Waals surface area (Å²) < 4.78 is 33.3. The van der Waals surface area contributed by atoms with E-state index in [-0.39, 0.29) is 23.5 Å². The molecule has 2 saturated heterocycles. The summed E-state index contributed by atoms with van der Waals surface area (Å²) in [5, 5.41) is 9.55. The lowest BCUT2D eigenvalue weighted by Crippen LogP contribution is -2.53. The largest absolute Gasteiger partial charge is 0.490 e. The molecule has 2 aliphatic heterocycles. The van der Waals surface area contributed by atoms with Crippen LogP contribution in [0.3, 0.4) is 0 Å². The van der Waals surface area contributed by atoms with Crippen LogP contribution < -0.4 is 9.47 Å². The van der Waals surface area contributed by atoms with E-state index in [1.54, 1.807) is 4.90 Å². The standard InChI is InChI=1S/C27H35NO7S/c1-27(2,3)25-15-24(12-13-28(25)26(29)30)35-23-10-6-20(7-11-23)16-32-22-8-4-19(5-9-22)14-21-17-33-36(31)34-18-21/h4-11,21,24-25H,12-18H2,1-3H3,(H,29,30)/t21?,24-,25+,36?/m0/s1. The van der Waals surface area contributed by atoms with E-state index in [4.69, 9.17) is 17.8 Å². The van der Waals surface area contributed by atoms with Gasteiger partial charge in [-0.2, -0.15) is 4.21 Å². The predicted molar refractivity (Wildman–Crippen MR) is 136 cm³/mol. The molecule has 2 aliphatic rings. The number of hydrogen-bond acceptors (Lipinski definition) is 6. The Morgan fingerprint density at radius 1 is 1.03 bits per heavy atom. The van der Waals surface area contributed by atoms with Gasteiger partial charge in [0.25, 0.3) is 0 Å². The van der Waals surface area contributed by atoms with Crippen LogP contribution in [0, 0.1) is 11.3 Å². The Labute approximate surface area is 215 Å². The van der Waals surface area contributed by atoms with Gasteiger partial charge in [0.15, 0.2) is 0 Å². The molecule has 0 radical (unpaired) electrons. The maximum Gasteiger partial charge on any atom is 0.407 e. The molecule has 0 unspecified atom stereocenters. The average Bonchev–Trinajstić information content (AvgIpc) is 2.85. The van der Waals surface area contributed by atoms with Crippen LogP contribution in [0.4, 0.5) is 4.79 Å². The van der Waals surface area contributed by atoms with Crippen molar-refractivity contribution in [2.45, 2.75) is 58.8 Å². The van der Waals surface area contributed by atoms with Crippen molar-refractivity contribution in [2.24, 2.45) is 11.3 Å². The lowest BCUT2D eigenvalue weighted by atomic mass is 9.80. The van der Waals surface area contributed by atoms with E-state index in [2.05, 4.69) is 20.8 Å². The molecule has 36 heavy (non-hydrogen) atoms. The molecule has 0 aliphatic carbocycles. The van der Waals surface area contributed by atoms with E-state index >= 15 is 0 Å². The Morgan fingerprint density at radius 2 is 1.64 bits per heavy atom.